The number of unbranched alkanes of at least 4 members (excludes halogenated alkanes) is 1. The van der Waals surface area contributed by atoms with E-state index in [2.05, 4.69) is 20.8 Å². The number of rotatable bonds is 13. The lowest BCUT2D eigenvalue weighted by Gasteiger charge is -2.30. The van der Waals surface area contributed by atoms with E-state index < -0.39 is 6.04 Å². The fourth-order valence-corrected chi connectivity index (χ4v) is 2.91. The summed E-state index contributed by atoms with van der Waals surface area (Å²) in [5.41, 5.74) is 6.08. The third-order valence-electron chi connectivity index (χ3n) is 4.47. The van der Waals surface area contributed by atoms with Gasteiger partial charge in [0.25, 0.3) is 0 Å². The van der Waals surface area contributed by atoms with Crippen molar-refractivity contribution in [1.82, 2.24) is 4.90 Å². The van der Waals surface area contributed by atoms with Crippen LogP contribution in [0.2, 0.25) is 0 Å². The Balaban J connectivity index is 5.03. The van der Waals surface area contributed by atoms with Gasteiger partial charge in [-0.2, -0.15) is 11.8 Å². The molecule has 0 fully saturated rings. The molecule has 0 unspecified atom stereocenters. The monoisotopic (exact) mass is 372 g/mol. The van der Waals surface area contributed by atoms with Crippen LogP contribution in [-0.2, 0) is 14.3 Å². The number of nitrogens with two attached hydrogens (primary N) is 1. The number of nitrogens with zero attached hydrogens (tertiary/aromatic N) is 1. The fourth-order valence-electron chi connectivity index (χ4n) is 2.45. The Morgan fingerprint density at radius 1 is 1.32 bits per heavy atom. The van der Waals surface area contributed by atoms with Crippen LogP contribution in [0, 0.1) is 5.92 Å². The zero-order chi connectivity index (χ0) is 19.2. The third kappa shape index (κ3) is 9.31. The number of hydrogen-bond donors (Lipinski definition) is 1. The molecule has 2 N–H and O–H groups in total. The van der Waals surface area contributed by atoms with Crippen LogP contribution in [0.15, 0.2) is 12.2 Å². The molecule has 3 atom stereocenters. The van der Waals surface area contributed by atoms with Gasteiger partial charge >= 0.3 is 5.97 Å². The highest BCUT2D eigenvalue weighted by atomic mass is 32.2. The molecule has 0 saturated carbocycles. The van der Waals surface area contributed by atoms with Gasteiger partial charge in [-0.3, -0.25) is 4.79 Å². The predicted molar refractivity (Wildman–Crippen MR) is 107 cm³/mol. The molecule has 0 aliphatic carbocycles. The molecule has 6 heteroatoms. The first-order valence-corrected chi connectivity index (χ1v) is 10.6. The van der Waals surface area contributed by atoms with Gasteiger partial charge in [0.05, 0.1) is 7.11 Å². The summed E-state index contributed by atoms with van der Waals surface area (Å²) in [5, 5.41) is 0. The predicted octanol–water partition coefficient (Wildman–Crippen LogP) is 3.23. The fraction of sp³-hybridized carbons (Fsp3) is 0.789. The van der Waals surface area contributed by atoms with Gasteiger partial charge in [0.15, 0.2) is 0 Å². The Bertz CT molecular complexity index is 415. The van der Waals surface area contributed by atoms with Crippen LogP contribution in [0.25, 0.3) is 0 Å². The lowest BCUT2D eigenvalue weighted by molar-refractivity contribution is -0.152. The van der Waals surface area contributed by atoms with E-state index in [4.69, 9.17) is 10.5 Å². The largest absolute Gasteiger partial charge is 0.467 e. The highest BCUT2D eigenvalue weighted by molar-refractivity contribution is 7.98. The minimum Gasteiger partial charge on any atom is -0.467 e. The maximum atomic E-state index is 12.7. The summed E-state index contributed by atoms with van der Waals surface area (Å²) in [6.45, 7) is 6.85. The van der Waals surface area contributed by atoms with Crippen LogP contribution in [0.3, 0.4) is 0 Å². The minimum absolute atomic E-state index is 0.0439. The molecule has 146 valence electrons. The summed E-state index contributed by atoms with van der Waals surface area (Å²) in [4.78, 5) is 26.6. The van der Waals surface area contributed by atoms with Crippen molar-refractivity contribution < 1.29 is 14.3 Å². The van der Waals surface area contributed by atoms with Crippen LogP contribution in [0.1, 0.15) is 52.9 Å². The van der Waals surface area contributed by atoms with E-state index in [1.165, 1.54) is 7.11 Å². The summed E-state index contributed by atoms with van der Waals surface area (Å²) < 4.78 is 4.93. The van der Waals surface area contributed by atoms with Crippen LogP contribution >= 0.6 is 11.8 Å². The number of methoxy groups -OCH3 is 1. The standard InChI is InChI=1S/C19H36N2O3S/c1-6-8-13-21(17(12-14-25-5)19(23)24-4)18(22)11-9-10-16(20)15(3)7-2/h9-10,15-17H,6-8,11-14,20H2,1-5H3/t15-,16+,17+/m0/s1. The molecule has 0 aliphatic rings. The molecular formula is C19H36N2O3S. The SMILES string of the molecule is CCCCN(C(=O)CC=C[C@@H](N)[C@@H](C)CC)[C@H](CCSC)C(=O)OC. The molecule has 0 rings (SSSR count). The first-order valence-electron chi connectivity index (χ1n) is 9.21. The van der Waals surface area contributed by atoms with Crippen molar-refractivity contribution in [2.45, 2.75) is 65.0 Å². The third-order valence-corrected chi connectivity index (χ3v) is 5.11. The van der Waals surface area contributed by atoms with Crippen molar-refractivity contribution in [3.63, 3.8) is 0 Å². The van der Waals surface area contributed by atoms with Crippen LogP contribution < -0.4 is 5.73 Å². The molecule has 25 heavy (non-hydrogen) atoms. The number of carbonyl (C=O) groups is 2. The van der Waals surface area contributed by atoms with Crippen molar-refractivity contribution in [3.8, 4) is 0 Å². The van der Waals surface area contributed by atoms with E-state index in [0.717, 1.165) is 25.0 Å². The van der Waals surface area contributed by atoms with E-state index >= 15 is 0 Å². The highest BCUT2D eigenvalue weighted by Gasteiger charge is 2.29. The molecule has 1 amide bonds. The van der Waals surface area contributed by atoms with Gasteiger partial charge in [0, 0.05) is 19.0 Å². The normalized spacial score (nSPS) is 15.0. The first kappa shape index (κ1) is 24.0. The summed E-state index contributed by atoms with van der Waals surface area (Å²) in [6, 6.07) is -0.553. The van der Waals surface area contributed by atoms with Crippen molar-refractivity contribution in [2.24, 2.45) is 11.7 Å². The Morgan fingerprint density at radius 3 is 2.52 bits per heavy atom. The molecule has 0 bridgehead atoms. The molecule has 0 aliphatic heterocycles. The van der Waals surface area contributed by atoms with E-state index in [1.54, 1.807) is 16.7 Å². The van der Waals surface area contributed by atoms with Crippen LogP contribution in [0.4, 0.5) is 0 Å². The van der Waals surface area contributed by atoms with Gasteiger partial charge in [0.2, 0.25) is 5.91 Å². The number of thioether (sulfide) groups is 1. The van der Waals surface area contributed by atoms with Crippen molar-refractivity contribution in [2.75, 3.05) is 25.7 Å². The van der Waals surface area contributed by atoms with E-state index in [-0.39, 0.29) is 24.3 Å². The lowest BCUT2D eigenvalue weighted by Crippen LogP contribution is -2.46. The number of ether oxygens (including phenoxy) is 1. The molecule has 0 aromatic rings. The van der Waals surface area contributed by atoms with Crippen molar-refractivity contribution in [3.05, 3.63) is 12.2 Å². The summed E-state index contributed by atoms with van der Waals surface area (Å²) in [7, 11) is 1.38. The topological polar surface area (TPSA) is 72.6 Å². The summed E-state index contributed by atoms with van der Waals surface area (Å²) >= 11 is 1.66. The molecule has 0 aromatic heterocycles. The summed E-state index contributed by atoms with van der Waals surface area (Å²) in [6.07, 6.45) is 9.44. The Hall–Kier alpha value is -1.01. The number of carbonyl (C=O) groups excluding carboxylic acids is 2. The maximum Gasteiger partial charge on any atom is 0.328 e. The molecule has 0 aromatic carbocycles. The highest BCUT2D eigenvalue weighted by Crippen LogP contribution is 2.14. The van der Waals surface area contributed by atoms with Crippen molar-refractivity contribution in [1.29, 1.82) is 0 Å². The second kappa shape index (κ2) is 14.2. The zero-order valence-electron chi connectivity index (χ0n) is 16.5. The first-order chi connectivity index (χ1) is 11.9. The van der Waals surface area contributed by atoms with Gasteiger partial charge in [-0.1, -0.05) is 45.8 Å². The molecule has 0 spiro atoms. The minimum atomic E-state index is -0.506. The Labute approximate surface area is 157 Å². The van der Waals surface area contributed by atoms with Crippen molar-refractivity contribution >= 4 is 23.6 Å². The average molecular weight is 373 g/mol. The number of esters is 1. The van der Waals surface area contributed by atoms with Gasteiger partial charge in [-0.05, 0) is 30.8 Å². The second-order valence-corrected chi connectivity index (χ2v) is 7.34. The van der Waals surface area contributed by atoms with Gasteiger partial charge < -0.3 is 15.4 Å². The van der Waals surface area contributed by atoms with Crippen LogP contribution in [-0.4, -0.2) is 54.5 Å². The maximum absolute atomic E-state index is 12.7. The Morgan fingerprint density at radius 2 is 2.00 bits per heavy atom. The molecule has 0 heterocycles. The van der Waals surface area contributed by atoms with Gasteiger partial charge in [-0.15, -0.1) is 0 Å². The van der Waals surface area contributed by atoms with Gasteiger partial charge in [0.1, 0.15) is 6.04 Å². The number of amides is 1. The average Bonchev–Trinajstić information content (AvgIpc) is 2.62. The smallest absolute Gasteiger partial charge is 0.328 e. The summed E-state index contributed by atoms with van der Waals surface area (Å²) in [5.74, 6) is 0.813. The molecular weight excluding hydrogens is 336 g/mol. The van der Waals surface area contributed by atoms with E-state index in [9.17, 15) is 9.59 Å². The molecule has 5 nitrogen and oxygen atoms in total. The van der Waals surface area contributed by atoms with Crippen LogP contribution in [0.5, 0.6) is 0 Å². The quantitative estimate of drug-likeness (QED) is 0.397. The van der Waals surface area contributed by atoms with Gasteiger partial charge in [-0.25, -0.2) is 4.79 Å². The zero-order valence-corrected chi connectivity index (χ0v) is 17.3. The lowest BCUT2D eigenvalue weighted by atomic mass is 9.99. The Kier molecular flexibility index (Phi) is 13.6. The molecule has 0 radical (unpaired) electrons. The van der Waals surface area contributed by atoms with E-state index in [0.29, 0.717) is 18.9 Å². The van der Waals surface area contributed by atoms with E-state index in [1.807, 2.05) is 18.4 Å². The number of hydrogen-bond acceptors (Lipinski definition) is 5. The molecule has 0 saturated heterocycles. The second-order valence-electron chi connectivity index (χ2n) is 6.36.